The molecule has 0 spiro atoms. The number of hydrogen-bond acceptors (Lipinski definition) is 3. The molecule has 0 bridgehead atoms. The lowest BCUT2D eigenvalue weighted by Crippen LogP contribution is -1.89. The summed E-state index contributed by atoms with van der Waals surface area (Å²) in [5, 5.41) is 12.1. The highest BCUT2D eigenvalue weighted by Crippen LogP contribution is 2.43. The minimum absolute atomic E-state index is 0.217. The Kier molecular flexibility index (Phi) is 6.75. The third-order valence-electron chi connectivity index (χ3n) is 6.83. The summed E-state index contributed by atoms with van der Waals surface area (Å²) in [5.41, 5.74) is 7.60. The zero-order chi connectivity index (χ0) is 26.1. The number of fused-ring (bicyclic) bond motifs is 1. The van der Waals surface area contributed by atoms with E-state index in [9.17, 15) is 5.11 Å². The maximum Gasteiger partial charge on any atom is 0.137 e. The van der Waals surface area contributed by atoms with Crippen molar-refractivity contribution in [1.29, 1.82) is 0 Å². The van der Waals surface area contributed by atoms with Gasteiger partial charge >= 0.3 is 0 Å². The first-order valence-electron chi connectivity index (χ1n) is 12.4. The van der Waals surface area contributed by atoms with Crippen molar-refractivity contribution in [2.75, 3.05) is 7.11 Å². The second-order valence-corrected chi connectivity index (χ2v) is 11.2. The van der Waals surface area contributed by atoms with Crippen molar-refractivity contribution in [3.63, 3.8) is 0 Å². The van der Waals surface area contributed by atoms with E-state index in [0.29, 0.717) is 4.47 Å². The Balaban J connectivity index is 1.40. The van der Waals surface area contributed by atoms with Crippen LogP contribution in [0.15, 0.2) is 120 Å². The summed E-state index contributed by atoms with van der Waals surface area (Å²) in [5.74, 6) is 0.969. The molecule has 2 nitrogen and oxygen atoms in total. The number of thiophene rings is 1. The van der Waals surface area contributed by atoms with Gasteiger partial charge < -0.3 is 9.84 Å². The third kappa shape index (κ3) is 4.73. The van der Waals surface area contributed by atoms with Crippen LogP contribution in [0.2, 0.25) is 0 Å². The van der Waals surface area contributed by atoms with Gasteiger partial charge in [0.25, 0.3) is 0 Å². The van der Waals surface area contributed by atoms with E-state index in [2.05, 4.69) is 94.8 Å². The minimum Gasteiger partial charge on any atom is -0.506 e. The van der Waals surface area contributed by atoms with E-state index in [0.717, 1.165) is 34.4 Å². The fourth-order valence-corrected chi connectivity index (χ4v) is 6.65. The molecule has 0 aliphatic heterocycles. The van der Waals surface area contributed by atoms with E-state index in [4.69, 9.17) is 4.74 Å². The van der Waals surface area contributed by atoms with Crippen LogP contribution in [-0.2, 0) is 6.42 Å². The molecular weight excluding hydrogens is 552 g/mol. The molecule has 0 atom stereocenters. The van der Waals surface area contributed by atoms with Crippen LogP contribution in [0.5, 0.6) is 11.5 Å². The summed E-state index contributed by atoms with van der Waals surface area (Å²) < 4.78 is 7.36. The first kappa shape index (κ1) is 24.5. The quantitative estimate of drug-likeness (QED) is 0.214. The smallest absolute Gasteiger partial charge is 0.137 e. The highest BCUT2D eigenvalue weighted by atomic mass is 79.9. The van der Waals surface area contributed by atoms with E-state index >= 15 is 0 Å². The standard InChI is InChI=1S/C34H25BrO2S/c1-37-27-11-7-10-25(19-27)29-20-26(21-30(35)34(29)36)23-14-16-24(17-15-23)33-28-12-5-6-13-31(28)38-32(33)18-22-8-3-2-4-9-22/h2-17,19-21,36H,18H2,1H3. The molecule has 0 fully saturated rings. The highest BCUT2D eigenvalue weighted by molar-refractivity contribution is 9.10. The largest absolute Gasteiger partial charge is 0.506 e. The number of halogens is 1. The van der Waals surface area contributed by atoms with E-state index in [1.807, 2.05) is 47.7 Å². The van der Waals surface area contributed by atoms with Gasteiger partial charge in [-0.3, -0.25) is 0 Å². The van der Waals surface area contributed by atoms with Gasteiger partial charge in [0.2, 0.25) is 0 Å². The monoisotopic (exact) mass is 576 g/mol. The topological polar surface area (TPSA) is 29.5 Å². The first-order chi connectivity index (χ1) is 18.6. The molecule has 0 saturated heterocycles. The number of methoxy groups -OCH3 is 1. The third-order valence-corrected chi connectivity index (χ3v) is 8.60. The van der Waals surface area contributed by atoms with Crippen LogP contribution < -0.4 is 4.74 Å². The van der Waals surface area contributed by atoms with Crippen LogP contribution in [-0.4, -0.2) is 12.2 Å². The molecule has 0 aliphatic carbocycles. The highest BCUT2D eigenvalue weighted by Gasteiger charge is 2.16. The van der Waals surface area contributed by atoms with Crippen LogP contribution in [0.4, 0.5) is 0 Å². The van der Waals surface area contributed by atoms with Gasteiger partial charge in [0.15, 0.2) is 0 Å². The summed E-state index contributed by atoms with van der Waals surface area (Å²) in [6.45, 7) is 0. The van der Waals surface area contributed by atoms with Gasteiger partial charge in [-0.05, 0) is 74.1 Å². The van der Waals surface area contributed by atoms with Crippen molar-refractivity contribution in [2.24, 2.45) is 0 Å². The number of benzene rings is 5. The van der Waals surface area contributed by atoms with Gasteiger partial charge in [0.05, 0.1) is 11.6 Å². The fourth-order valence-electron chi connectivity index (χ4n) is 4.92. The molecule has 0 radical (unpaired) electrons. The zero-order valence-electron chi connectivity index (χ0n) is 20.8. The van der Waals surface area contributed by atoms with Crippen LogP contribution in [0, 0.1) is 0 Å². The molecule has 4 heteroatoms. The van der Waals surface area contributed by atoms with Crippen LogP contribution >= 0.6 is 27.3 Å². The normalized spacial score (nSPS) is 11.1. The lowest BCUT2D eigenvalue weighted by molar-refractivity contribution is 0.415. The summed E-state index contributed by atoms with van der Waals surface area (Å²) in [4.78, 5) is 1.37. The van der Waals surface area contributed by atoms with E-state index in [1.54, 1.807) is 7.11 Å². The fraction of sp³-hybridized carbons (Fsp3) is 0.0588. The Labute approximate surface area is 234 Å². The molecule has 38 heavy (non-hydrogen) atoms. The summed E-state index contributed by atoms with van der Waals surface area (Å²) in [7, 11) is 1.65. The SMILES string of the molecule is COc1cccc(-c2cc(-c3ccc(-c4c(Cc5ccccc5)sc5ccccc45)cc3)cc(Br)c2O)c1. The Morgan fingerprint density at radius 3 is 2.24 bits per heavy atom. The van der Waals surface area contributed by atoms with Crippen molar-refractivity contribution in [1.82, 2.24) is 0 Å². The summed E-state index contributed by atoms with van der Waals surface area (Å²) in [6, 6.07) is 39.8. The number of phenols is 1. The Morgan fingerprint density at radius 2 is 1.45 bits per heavy atom. The number of phenolic OH excluding ortho intramolecular Hbond substituents is 1. The summed E-state index contributed by atoms with van der Waals surface area (Å²) in [6.07, 6.45) is 0.909. The Morgan fingerprint density at radius 1 is 0.711 bits per heavy atom. The first-order valence-corrected chi connectivity index (χ1v) is 14.0. The van der Waals surface area contributed by atoms with Gasteiger partial charge in [-0.2, -0.15) is 0 Å². The number of hydrogen-bond donors (Lipinski definition) is 1. The molecule has 5 aromatic carbocycles. The second-order valence-electron chi connectivity index (χ2n) is 9.22. The molecule has 0 unspecified atom stereocenters. The maximum absolute atomic E-state index is 10.8. The lowest BCUT2D eigenvalue weighted by Gasteiger charge is -2.12. The molecule has 0 amide bonds. The van der Waals surface area contributed by atoms with Crippen LogP contribution in [0.1, 0.15) is 10.4 Å². The number of aromatic hydroxyl groups is 1. The van der Waals surface area contributed by atoms with Crippen molar-refractivity contribution >= 4 is 37.4 Å². The maximum atomic E-state index is 10.8. The Hall–Kier alpha value is -3.86. The number of rotatable bonds is 6. The molecule has 6 aromatic rings. The average Bonchev–Trinajstić information content (AvgIpc) is 3.32. The zero-order valence-corrected chi connectivity index (χ0v) is 23.2. The van der Waals surface area contributed by atoms with E-state index in [-0.39, 0.29) is 5.75 Å². The van der Waals surface area contributed by atoms with Gasteiger partial charge in [-0.1, -0.05) is 84.9 Å². The molecule has 6 rings (SSSR count). The average molecular weight is 578 g/mol. The summed E-state index contributed by atoms with van der Waals surface area (Å²) >= 11 is 5.44. The number of ether oxygens (including phenoxy) is 1. The van der Waals surface area contributed by atoms with E-state index < -0.39 is 0 Å². The van der Waals surface area contributed by atoms with Crippen molar-refractivity contribution in [2.45, 2.75) is 6.42 Å². The van der Waals surface area contributed by atoms with Crippen LogP contribution in [0.25, 0.3) is 43.5 Å². The van der Waals surface area contributed by atoms with Gasteiger partial charge in [-0.15, -0.1) is 11.3 Å². The molecular formula is C34H25BrO2S. The second kappa shape index (κ2) is 10.5. The predicted octanol–water partition coefficient (Wildman–Crippen LogP) is 9.97. The molecule has 1 N–H and O–H groups in total. The van der Waals surface area contributed by atoms with Crippen molar-refractivity contribution < 1.29 is 9.84 Å². The molecule has 186 valence electrons. The molecule has 1 heterocycles. The van der Waals surface area contributed by atoms with Gasteiger partial charge in [0.1, 0.15) is 11.5 Å². The van der Waals surface area contributed by atoms with Gasteiger partial charge in [-0.25, -0.2) is 0 Å². The predicted molar refractivity (Wildman–Crippen MR) is 163 cm³/mol. The van der Waals surface area contributed by atoms with Crippen LogP contribution in [0.3, 0.4) is 0 Å². The molecule has 1 aromatic heterocycles. The van der Waals surface area contributed by atoms with Gasteiger partial charge in [0, 0.05) is 32.5 Å². The molecule has 0 aliphatic rings. The molecule has 0 saturated carbocycles. The lowest BCUT2D eigenvalue weighted by atomic mass is 9.95. The van der Waals surface area contributed by atoms with E-state index in [1.165, 1.54) is 31.7 Å². The van der Waals surface area contributed by atoms with Crippen molar-refractivity contribution in [3.8, 4) is 44.9 Å². The van der Waals surface area contributed by atoms with Crippen molar-refractivity contribution in [3.05, 3.63) is 130 Å². The Bertz CT molecular complexity index is 1740. The minimum atomic E-state index is 0.217.